The van der Waals surface area contributed by atoms with E-state index in [9.17, 15) is 4.39 Å². The minimum Gasteiger partial charge on any atom is -0.497 e. The van der Waals surface area contributed by atoms with Gasteiger partial charge < -0.3 is 15.0 Å². The Morgan fingerprint density at radius 3 is 3.05 bits per heavy atom. The molecule has 0 spiro atoms. The molecule has 1 saturated heterocycles. The summed E-state index contributed by atoms with van der Waals surface area (Å²) in [5.41, 5.74) is 0.664. The highest BCUT2D eigenvalue weighted by molar-refractivity contribution is 5.52. The lowest BCUT2D eigenvalue weighted by molar-refractivity contribution is 0.413. The Hall–Kier alpha value is -1.29. The van der Waals surface area contributed by atoms with Crippen molar-refractivity contribution in [2.75, 3.05) is 38.2 Å². The zero-order valence-corrected chi connectivity index (χ0v) is 11.8. The molecule has 1 heterocycles. The van der Waals surface area contributed by atoms with Crippen LogP contribution in [0.1, 0.15) is 19.8 Å². The van der Waals surface area contributed by atoms with E-state index in [2.05, 4.69) is 17.1 Å². The van der Waals surface area contributed by atoms with Gasteiger partial charge >= 0.3 is 0 Å². The predicted octanol–water partition coefficient (Wildman–Crippen LogP) is 2.66. The van der Waals surface area contributed by atoms with E-state index in [0.29, 0.717) is 17.4 Å². The maximum Gasteiger partial charge on any atom is 0.146 e. The van der Waals surface area contributed by atoms with Gasteiger partial charge in [0, 0.05) is 19.2 Å². The Bertz CT molecular complexity index is 411. The molecule has 1 unspecified atom stereocenters. The second-order valence-corrected chi connectivity index (χ2v) is 5.12. The molecule has 0 radical (unpaired) electrons. The van der Waals surface area contributed by atoms with Gasteiger partial charge in [-0.1, -0.05) is 6.92 Å². The van der Waals surface area contributed by atoms with Crippen molar-refractivity contribution >= 4 is 5.69 Å². The summed E-state index contributed by atoms with van der Waals surface area (Å²) in [6.07, 6.45) is 2.27. The van der Waals surface area contributed by atoms with Crippen LogP contribution in [0.25, 0.3) is 0 Å². The first-order valence-corrected chi connectivity index (χ1v) is 7.03. The average Bonchev–Trinajstić information content (AvgIpc) is 2.88. The highest BCUT2D eigenvalue weighted by Crippen LogP contribution is 2.29. The first kappa shape index (κ1) is 14.1. The Morgan fingerprint density at radius 1 is 1.47 bits per heavy atom. The number of halogens is 1. The van der Waals surface area contributed by atoms with Crippen molar-refractivity contribution in [1.29, 1.82) is 0 Å². The van der Waals surface area contributed by atoms with E-state index >= 15 is 0 Å². The van der Waals surface area contributed by atoms with Gasteiger partial charge in [0.15, 0.2) is 0 Å². The van der Waals surface area contributed by atoms with Crippen LogP contribution in [0.3, 0.4) is 0 Å². The Morgan fingerprint density at radius 2 is 2.32 bits per heavy atom. The lowest BCUT2D eigenvalue weighted by Crippen LogP contribution is -2.27. The van der Waals surface area contributed by atoms with Crippen molar-refractivity contribution in [3.8, 4) is 5.75 Å². The van der Waals surface area contributed by atoms with Gasteiger partial charge in [0.1, 0.15) is 11.6 Å². The number of methoxy groups -OCH3 is 1. The topological polar surface area (TPSA) is 24.5 Å². The molecule has 3 nitrogen and oxygen atoms in total. The first-order chi connectivity index (χ1) is 9.24. The van der Waals surface area contributed by atoms with Crippen LogP contribution >= 0.6 is 0 Å². The summed E-state index contributed by atoms with van der Waals surface area (Å²) in [5, 5.41) is 3.44. The average molecular weight is 266 g/mol. The molecule has 1 aliphatic heterocycles. The lowest BCUT2D eigenvalue weighted by atomic mass is 10.1. The van der Waals surface area contributed by atoms with Gasteiger partial charge in [0.05, 0.1) is 12.8 Å². The van der Waals surface area contributed by atoms with Gasteiger partial charge in [-0.25, -0.2) is 4.39 Å². The maximum atomic E-state index is 13.9. The fraction of sp³-hybridized carbons (Fsp3) is 0.600. The molecule has 106 valence electrons. The number of nitrogens with zero attached hydrogens (tertiary/aromatic N) is 1. The van der Waals surface area contributed by atoms with Crippen LogP contribution in [0.4, 0.5) is 10.1 Å². The van der Waals surface area contributed by atoms with Crippen LogP contribution in [-0.2, 0) is 0 Å². The van der Waals surface area contributed by atoms with Gasteiger partial charge in [0.2, 0.25) is 0 Å². The number of anilines is 1. The molecular weight excluding hydrogens is 243 g/mol. The smallest absolute Gasteiger partial charge is 0.146 e. The summed E-state index contributed by atoms with van der Waals surface area (Å²) in [6, 6.07) is 4.93. The monoisotopic (exact) mass is 266 g/mol. The first-order valence-electron chi connectivity index (χ1n) is 7.03. The normalized spacial score (nSPS) is 18.9. The summed E-state index contributed by atoms with van der Waals surface area (Å²) >= 11 is 0. The van der Waals surface area contributed by atoms with Crippen LogP contribution in [0, 0.1) is 11.7 Å². The number of nitrogens with one attached hydrogen (secondary N) is 1. The molecule has 0 aromatic heterocycles. The zero-order chi connectivity index (χ0) is 13.7. The molecule has 1 fully saturated rings. The molecule has 19 heavy (non-hydrogen) atoms. The summed E-state index contributed by atoms with van der Waals surface area (Å²) in [6.45, 7) is 6.09. The van der Waals surface area contributed by atoms with Crippen LogP contribution < -0.4 is 15.0 Å². The van der Waals surface area contributed by atoms with Gasteiger partial charge in [-0.15, -0.1) is 0 Å². The van der Waals surface area contributed by atoms with E-state index in [1.165, 1.54) is 6.07 Å². The van der Waals surface area contributed by atoms with Crippen LogP contribution in [0.5, 0.6) is 5.75 Å². The third-order valence-electron chi connectivity index (χ3n) is 3.64. The van der Waals surface area contributed by atoms with Crippen LogP contribution in [0.2, 0.25) is 0 Å². The van der Waals surface area contributed by atoms with Gasteiger partial charge in [0.25, 0.3) is 0 Å². The molecule has 0 aliphatic carbocycles. The maximum absolute atomic E-state index is 13.9. The molecular formula is C15H23FN2O. The number of hydrogen-bond donors (Lipinski definition) is 1. The zero-order valence-electron chi connectivity index (χ0n) is 11.8. The number of hydrogen-bond acceptors (Lipinski definition) is 3. The lowest BCUT2D eigenvalue weighted by Gasteiger charge is -2.20. The number of rotatable bonds is 6. The Balaban J connectivity index is 1.96. The second kappa shape index (κ2) is 6.75. The van der Waals surface area contributed by atoms with Crippen molar-refractivity contribution in [2.45, 2.75) is 19.8 Å². The van der Waals surface area contributed by atoms with Crippen molar-refractivity contribution in [3.63, 3.8) is 0 Å². The Kier molecular flexibility index (Phi) is 5.02. The highest BCUT2D eigenvalue weighted by Gasteiger charge is 2.24. The largest absolute Gasteiger partial charge is 0.497 e. The van der Waals surface area contributed by atoms with Gasteiger partial charge in [-0.05, 0) is 44.0 Å². The van der Waals surface area contributed by atoms with E-state index in [4.69, 9.17) is 4.74 Å². The molecule has 4 heteroatoms. The third kappa shape index (κ3) is 3.60. The van der Waals surface area contributed by atoms with E-state index in [-0.39, 0.29) is 5.82 Å². The van der Waals surface area contributed by atoms with Crippen molar-refractivity contribution < 1.29 is 9.13 Å². The number of benzene rings is 1. The molecule has 0 bridgehead atoms. The molecule has 0 saturated carbocycles. The molecule has 1 aromatic carbocycles. The van der Waals surface area contributed by atoms with Crippen molar-refractivity contribution in [3.05, 3.63) is 24.0 Å². The minimum absolute atomic E-state index is 0.164. The summed E-state index contributed by atoms with van der Waals surface area (Å²) in [4.78, 5) is 2.12. The quantitative estimate of drug-likeness (QED) is 0.801. The fourth-order valence-corrected chi connectivity index (χ4v) is 2.56. The molecule has 0 amide bonds. The van der Waals surface area contributed by atoms with E-state index in [1.54, 1.807) is 19.2 Å². The van der Waals surface area contributed by atoms with E-state index in [1.807, 2.05) is 0 Å². The number of ether oxygens (including phenoxy) is 1. The summed E-state index contributed by atoms with van der Waals surface area (Å²) in [5.74, 6) is 1.16. The third-order valence-corrected chi connectivity index (χ3v) is 3.64. The summed E-state index contributed by atoms with van der Waals surface area (Å²) in [7, 11) is 1.61. The van der Waals surface area contributed by atoms with Crippen molar-refractivity contribution in [2.24, 2.45) is 5.92 Å². The van der Waals surface area contributed by atoms with Crippen LogP contribution in [0.15, 0.2) is 18.2 Å². The Labute approximate surface area is 114 Å². The van der Waals surface area contributed by atoms with Crippen molar-refractivity contribution in [1.82, 2.24) is 5.32 Å². The standard InChI is InChI=1S/C15H23FN2O/c1-3-7-17-10-12-6-8-18(11-12)15-9-13(19-2)4-5-14(15)16/h4-5,9,12,17H,3,6-8,10-11H2,1-2H3. The van der Waals surface area contributed by atoms with E-state index < -0.39 is 0 Å². The van der Waals surface area contributed by atoms with Crippen LogP contribution in [-0.4, -0.2) is 33.3 Å². The molecule has 2 rings (SSSR count). The van der Waals surface area contributed by atoms with Gasteiger partial charge in [-0.3, -0.25) is 0 Å². The predicted molar refractivity (Wildman–Crippen MR) is 76.4 cm³/mol. The second-order valence-electron chi connectivity index (χ2n) is 5.12. The molecule has 1 aromatic rings. The SMILES string of the molecule is CCCNCC1CCN(c2cc(OC)ccc2F)C1. The molecule has 1 aliphatic rings. The molecule has 1 atom stereocenters. The summed E-state index contributed by atoms with van der Waals surface area (Å²) < 4.78 is 19.0. The highest BCUT2D eigenvalue weighted by atomic mass is 19.1. The van der Waals surface area contributed by atoms with E-state index in [0.717, 1.165) is 39.0 Å². The van der Waals surface area contributed by atoms with Gasteiger partial charge in [-0.2, -0.15) is 0 Å². The molecule has 1 N–H and O–H groups in total. The minimum atomic E-state index is -0.164. The fourth-order valence-electron chi connectivity index (χ4n) is 2.56.